The summed E-state index contributed by atoms with van der Waals surface area (Å²) in [7, 11) is 0. The number of nitrogens with zero attached hydrogens (tertiary/aromatic N) is 7. The number of hydrogen-bond acceptors (Lipinski definition) is 10. The monoisotopic (exact) mass is 692 g/mol. The molecule has 0 aliphatic carbocycles. The number of aromatic nitrogens is 4. The number of nitrogens with one attached hydrogen (secondary N) is 3. The maximum atomic E-state index is 15.5. The van der Waals surface area contributed by atoms with Gasteiger partial charge in [-0.05, 0) is 43.7 Å². The summed E-state index contributed by atoms with van der Waals surface area (Å²) < 4.78 is 53.4. The molecule has 2 saturated heterocycles. The fourth-order valence-corrected chi connectivity index (χ4v) is 6.14. The van der Waals surface area contributed by atoms with E-state index < -0.39 is 29.0 Å². The van der Waals surface area contributed by atoms with Crippen molar-refractivity contribution in [3.05, 3.63) is 82.7 Å². The van der Waals surface area contributed by atoms with Gasteiger partial charge >= 0.3 is 0 Å². The van der Waals surface area contributed by atoms with Crippen LogP contribution in [-0.4, -0.2) is 112 Å². The van der Waals surface area contributed by atoms with E-state index in [-0.39, 0.29) is 23.2 Å². The molecule has 2 aromatic heterocycles. The van der Waals surface area contributed by atoms with Crippen LogP contribution in [0.3, 0.4) is 0 Å². The number of halogens is 3. The molecule has 2 aliphatic heterocycles. The number of rotatable bonds is 12. The molecule has 1 amide bonds. The van der Waals surface area contributed by atoms with Crippen LogP contribution in [0.2, 0.25) is 0 Å². The second-order valence-corrected chi connectivity index (χ2v) is 12.5. The van der Waals surface area contributed by atoms with Crippen LogP contribution >= 0.6 is 0 Å². The number of carbonyl (C=O) groups excluding carboxylic acids is 1. The first-order valence-corrected chi connectivity index (χ1v) is 16.9. The van der Waals surface area contributed by atoms with E-state index >= 15 is 13.2 Å². The van der Waals surface area contributed by atoms with Gasteiger partial charge in [-0.3, -0.25) is 19.2 Å². The number of likely N-dealkylation sites (N-methyl/N-ethyl adjacent to an activating group) is 1. The third kappa shape index (κ3) is 8.07. The Hall–Kier alpha value is -4.57. The normalized spacial score (nSPS) is 16.0. The molecular formula is C35H43F3N10O2. The van der Waals surface area contributed by atoms with Gasteiger partial charge in [0.05, 0.1) is 13.2 Å². The topological polar surface area (TPSA) is 116 Å². The van der Waals surface area contributed by atoms with Crippen molar-refractivity contribution in [3.8, 4) is 5.82 Å². The van der Waals surface area contributed by atoms with Gasteiger partial charge < -0.3 is 25.6 Å². The second-order valence-electron chi connectivity index (χ2n) is 12.5. The molecule has 3 N–H and O–H groups in total. The van der Waals surface area contributed by atoms with Crippen molar-refractivity contribution in [1.29, 1.82) is 0 Å². The van der Waals surface area contributed by atoms with Crippen LogP contribution in [0.25, 0.3) is 5.82 Å². The van der Waals surface area contributed by atoms with E-state index in [2.05, 4.69) is 47.6 Å². The minimum atomic E-state index is -1.42. The van der Waals surface area contributed by atoms with Gasteiger partial charge in [0.25, 0.3) is 5.91 Å². The molecule has 0 radical (unpaired) electrons. The summed E-state index contributed by atoms with van der Waals surface area (Å²) in [5.74, 6) is -2.72. The Morgan fingerprint density at radius 1 is 0.900 bits per heavy atom. The molecule has 2 aromatic carbocycles. The smallest absolute Gasteiger partial charge is 0.255 e. The van der Waals surface area contributed by atoms with Gasteiger partial charge in [0, 0.05) is 94.2 Å². The zero-order valence-corrected chi connectivity index (χ0v) is 28.6. The predicted octanol–water partition coefficient (Wildman–Crippen LogP) is 4.57. The van der Waals surface area contributed by atoms with Crippen molar-refractivity contribution in [2.45, 2.75) is 27.3 Å². The zero-order chi connectivity index (χ0) is 35.2. The summed E-state index contributed by atoms with van der Waals surface area (Å²) in [6, 6.07) is 6.59. The number of morpholine rings is 1. The highest BCUT2D eigenvalue weighted by atomic mass is 19.2. The first-order chi connectivity index (χ1) is 24.2. The molecule has 4 aromatic rings. The number of amides is 1. The molecule has 0 atom stereocenters. The van der Waals surface area contributed by atoms with Crippen LogP contribution < -0.4 is 16.0 Å². The SMILES string of the molecule is CCN1CCN(Cc2c(C)c(F)c(NC(=O)c3ccc(C)c(Nc4nccn4-c4cc(NCCN5CCOCC5)ncn4)c3)c(F)c2F)CC1. The Labute approximate surface area is 289 Å². The van der Waals surface area contributed by atoms with Crippen LogP contribution in [-0.2, 0) is 11.3 Å². The summed E-state index contributed by atoms with van der Waals surface area (Å²) in [4.78, 5) is 33.1. The summed E-state index contributed by atoms with van der Waals surface area (Å²) in [5.41, 5.74) is 0.542. The second kappa shape index (κ2) is 16.0. The molecule has 0 spiro atoms. The lowest BCUT2D eigenvalue weighted by atomic mass is 10.0. The molecule has 4 heterocycles. The number of anilines is 4. The molecule has 266 valence electrons. The highest BCUT2D eigenvalue weighted by Crippen LogP contribution is 2.31. The zero-order valence-electron chi connectivity index (χ0n) is 28.6. The van der Waals surface area contributed by atoms with Crippen LogP contribution in [0.15, 0.2) is 43.0 Å². The molecule has 2 aliphatic rings. The highest BCUT2D eigenvalue weighted by molar-refractivity contribution is 6.05. The minimum absolute atomic E-state index is 0.0320. The van der Waals surface area contributed by atoms with Gasteiger partial charge in [-0.2, -0.15) is 0 Å². The molecule has 0 saturated carbocycles. The summed E-state index contributed by atoms with van der Waals surface area (Å²) in [5, 5.41) is 8.85. The van der Waals surface area contributed by atoms with Crippen LogP contribution in [0.1, 0.15) is 34.0 Å². The Bertz CT molecular complexity index is 1780. The number of aryl methyl sites for hydroxylation is 1. The third-order valence-electron chi connectivity index (χ3n) is 9.34. The van der Waals surface area contributed by atoms with E-state index in [0.717, 1.165) is 58.0 Å². The van der Waals surface area contributed by atoms with Crippen molar-refractivity contribution in [3.63, 3.8) is 0 Å². The Morgan fingerprint density at radius 3 is 2.42 bits per heavy atom. The van der Waals surface area contributed by atoms with Crippen LogP contribution in [0.5, 0.6) is 0 Å². The van der Waals surface area contributed by atoms with Crippen molar-refractivity contribution in [1.82, 2.24) is 34.2 Å². The molecule has 50 heavy (non-hydrogen) atoms. The molecule has 2 fully saturated rings. The van der Waals surface area contributed by atoms with E-state index in [0.29, 0.717) is 42.9 Å². The van der Waals surface area contributed by atoms with Crippen LogP contribution in [0, 0.1) is 31.3 Å². The number of imidazole rings is 1. The number of benzene rings is 2. The lowest BCUT2D eigenvalue weighted by Crippen LogP contribution is -2.45. The number of ether oxygens (including phenoxy) is 1. The van der Waals surface area contributed by atoms with E-state index in [1.807, 2.05) is 17.9 Å². The summed E-state index contributed by atoms with van der Waals surface area (Å²) in [6.45, 7) is 14.1. The van der Waals surface area contributed by atoms with E-state index in [4.69, 9.17) is 4.74 Å². The number of hydrogen-bond donors (Lipinski definition) is 3. The lowest BCUT2D eigenvalue weighted by Gasteiger charge is -2.34. The number of carbonyl (C=O) groups is 1. The predicted molar refractivity (Wildman–Crippen MR) is 186 cm³/mol. The van der Waals surface area contributed by atoms with E-state index in [1.54, 1.807) is 29.1 Å². The molecule has 6 rings (SSSR count). The van der Waals surface area contributed by atoms with Gasteiger partial charge in [-0.15, -0.1) is 0 Å². The van der Waals surface area contributed by atoms with Crippen molar-refractivity contribution in [2.24, 2.45) is 0 Å². The maximum Gasteiger partial charge on any atom is 0.255 e. The van der Waals surface area contributed by atoms with Gasteiger partial charge in [0.15, 0.2) is 17.5 Å². The van der Waals surface area contributed by atoms with Crippen molar-refractivity contribution >= 4 is 29.0 Å². The molecule has 12 nitrogen and oxygen atoms in total. The fourth-order valence-electron chi connectivity index (χ4n) is 6.14. The van der Waals surface area contributed by atoms with Crippen molar-refractivity contribution < 1.29 is 22.7 Å². The van der Waals surface area contributed by atoms with E-state index in [9.17, 15) is 4.79 Å². The van der Waals surface area contributed by atoms with Gasteiger partial charge in [-0.25, -0.2) is 28.1 Å². The fraction of sp³-hybridized carbons (Fsp3) is 0.429. The standard InChI is InChI=1S/C35H43F3N10O2/c1-4-45-11-13-47(14-12-45)21-26-24(3)30(36)33(32(38)31(26)37)44-34(49)25-6-5-23(2)27(19-25)43-35-40-8-10-48(35)29-20-28(41-22-42-29)39-7-9-46-15-17-50-18-16-46/h5-6,8,10,19-20,22H,4,7,9,11-18,21H2,1-3H3,(H,40,43)(H,44,49)(H,39,41,42). The van der Waals surface area contributed by atoms with Crippen molar-refractivity contribution in [2.75, 3.05) is 88.1 Å². The average molecular weight is 693 g/mol. The van der Waals surface area contributed by atoms with Gasteiger partial charge in [0.2, 0.25) is 5.95 Å². The quantitative estimate of drug-likeness (QED) is 0.183. The first kappa shape index (κ1) is 35.3. The van der Waals surface area contributed by atoms with Gasteiger partial charge in [-0.1, -0.05) is 13.0 Å². The van der Waals surface area contributed by atoms with Crippen LogP contribution in [0.4, 0.5) is 36.3 Å². The summed E-state index contributed by atoms with van der Waals surface area (Å²) in [6.07, 6.45) is 4.82. The Balaban J connectivity index is 1.14. The van der Waals surface area contributed by atoms with Gasteiger partial charge in [0.1, 0.15) is 23.7 Å². The minimum Gasteiger partial charge on any atom is -0.379 e. The number of piperazine rings is 1. The molecule has 15 heteroatoms. The maximum absolute atomic E-state index is 15.5. The molecular weight excluding hydrogens is 649 g/mol. The average Bonchev–Trinajstić information content (AvgIpc) is 3.61. The van der Waals surface area contributed by atoms with E-state index in [1.165, 1.54) is 19.3 Å². The third-order valence-corrected chi connectivity index (χ3v) is 9.34. The first-order valence-electron chi connectivity index (χ1n) is 16.9. The largest absolute Gasteiger partial charge is 0.379 e. The highest BCUT2D eigenvalue weighted by Gasteiger charge is 2.27. The Kier molecular flexibility index (Phi) is 11.3. The summed E-state index contributed by atoms with van der Waals surface area (Å²) >= 11 is 0. The lowest BCUT2D eigenvalue weighted by molar-refractivity contribution is 0.0398. The molecule has 0 unspecified atom stereocenters. The Morgan fingerprint density at radius 2 is 1.66 bits per heavy atom. The molecule has 0 bridgehead atoms.